The Morgan fingerprint density at radius 3 is 2.60 bits per heavy atom. The van der Waals surface area contributed by atoms with E-state index in [0.717, 1.165) is 12.7 Å². The van der Waals surface area contributed by atoms with Crippen LogP contribution in [0.3, 0.4) is 0 Å². The van der Waals surface area contributed by atoms with E-state index in [2.05, 4.69) is 51.8 Å². The summed E-state index contributed by atoms with van der Waals surface area (Å²) in [7, 11) is 0. The summed E-state index contributed by atoms with van der Waals surface area (Å²) >= 11 is 4.31. The summed E-state index contributed by atoms with van der Waals surface area (Å²) in [5.41, 5.74) is 6.70. The molecule has 1 aromatic carbocycles. The van der Waals surface area contributed by atoms with Gasteiger partial charge in [-0.05, 0) is 63.7 Å². The first-order chi connectivity index (χ1) is 6.56. The van der Waals surface area contributed by atoms with Gasteiger partial charge in [0.1, 0.15) is 5.75 Å². The summed E-state index contributed by atoms with van der Waals surface area (Å²) in [6.45, 7) is 3.64. The highest BCUT2D eigenvalue weighted by atomic mass is 127. The molecule has 0 amide bonds. The van der Waals surface area contributed by atoms with E-state index in [-0.39, 0.29) is 18.4 Å². The van der Waals surface area contributed by atoms with Crippen molar-refractivity contribution >= 4 is 57.6 Å². The number of phenols is 1. The van der Waals surface area contributed by atoms with Gasteiger partial charge in [0, 0.05) is 15.2 Å². The molecule has 1 aromatic rings. The van der Waals surface area contributed by atoms with Gasteiger partial charge < -0.3 is 10.8 Å². The van der Waals surface area contributed by atoms with E-state index in [9.17, 15) is 5.11 Å². The first-order valence-corrected chi connectivity index (χ1v) is 6.26. The molecule has 0 saturated carbocycles. The van der Waals surface area contributed by atoms with Gasteiger partial charge in [-0.25, -0.2) is 0 Å². The normalized spacial score (nSPS) is 11.7. The highest BCUT2D eigenvalue weighted by Gasteiger charge is 2.12. The van der Waals surface area contributed by atoms with E-state index < -0.39 is 0 Å². The predicted octanol–water partition coefficient (Wildman–Crippen LogP) is 3.60. The fraction of sp³-hybridized carbons (Fsp3) is 0.200. The zero-order valence-electron chi connectivity index (χ0n) is 7.91. The lowest BCUT2D eigenvalue weighted by Crippen LogP contribution is -2.10. The van der Waals surface area contributed by atoms with Crippen LogP contribution in [0.4, 0.5) is 0 Å². The smallest absolute Gasteiger partial charge is 0.133 e. The second kappa shape index (κ2) is 6.93. The molecule has 84 valence electrons. The van der Waals surface area contributed by atoms with Crippen molar-refractivity contribution in [3.05, 3.63) is 37.5 Å². The molecule has 0 saturated heterocycles. The molecule has 0 aliphatic rings. The van der Waals surface area contributed by atoms with Crippen molar-refractivity contribution in [3.63, 3.8) is 0 Å². The third-order valence-corrected chi connectivity index (χ3v) is 3.32. The second-order valence-corrected chi connectivity index (χ2v) is 5.36. The molecule has 0 spiro atoms. The molecule has 0 heterocycles. The molecule has 0 aliphatic carbocycles. The summed E-state index contributed by atoms with van der Waals surface area (Å²) in [5.74, 6) is 0.292. The summed E-state index contributed by atoms with van der Waals surface area (Å²) < 4.78 is 1.92. The molecule has 0 aromatic heterocycles. The van der Waals surface area contributed by atoms with Crippen LogP contribution in [0.2, 0.25) is 0 Å². The minimum Gasteiger partial charge on any atom is -0.506 e. The molecule has 3 N–H and O–H groups in total. The highest BCUT2D eigenvalue weighted by Crippen LogP contribution is 2.31. The van der Waals surface area contributed by atoms with Crippen molar-refractivity contribution in [2.75, 3.05) is 0 Å². The first kappa shape index (κ1) is 15.5. The van der Waals surface area contributed by atoms with Gasteiger partial charge in [0.05, 0.1) is 3.57 Å². The third-order valence-electron chi connectivity index (χ3n) is 1.88. The molecule has 1 rings (SSSR count). The van der Waals surface area contributed by atoms with E-state index in [4.69, 9.17) is 5.73 Å². The zero-order chi connectivity index (χ0) is 10.7. The van der Waals surface area contributed by atoms with Crippen LogP contribution in [0, 0.1) is 7.14 Å². The lowest BCUT2D eigenvalue weighted by atomic mass is 10.0. The lowest BCUT2D eigenvalue weighted by Gasteiger charge is -2.13. The minimum absolute atomic E-state index is 0. The van der Waals surface area contributed by atoms with Gasteiger partial charge >= 0.3 is 0 Å². The van der Waals surface area contributed by atoms with Crippen molar-refractivity contribution in [1.82, 2.24) is 0 Å². The number of aromatic hydroxyl groups is 1. The van der Waals surface area contributed by atoms with E-state index in [0.29, 0.717) is 12.2 Å². The average molecular weight is 451 g/mol. The van der Waals surface area contributed by atoms with E-state index in [1.807, 2.05) is 12.1 Å². The topological polar surface area (TPSA) is 46.2 Å². The minimum atomic E-state index is -0.171. The van der Waals surface area contributed by atoms with Crippen LogP contribution in [0.1, 0.15) is 18.0 Å². The maximum absolute atomic E-state index is 9.79. The van der Waals surface area contributed by atoms with Crippen LogP contribution in [-0.4, -0.2) is 5.11 Å². The second-order valence-electron chi connectivity index (χ2n) is 2.96. The van der Waals surface area contributed by atoms with E-state index in [1.54, 1.807) is 6.08 Å². The quantitative estimate of drug-likeness (QED) is 0.545. The Morgan fingerprint density at radius 1 is 1.47 bits per heavy atom. The van der Waals surface area contributed by atoms with Crippen LogP contribution in [0.5, 0.6) is 5.75 Å². The van der Waals surface area contributed by atoms with E-state index in [1.165, 1.54) is 0 Å². The van der Waals surface area contributed by atoms with Gasteiger partial charge in [0.2, 0.25) is 0 Å². The summed E-state index contributed by atoms with van der Waals surface area (Å²) in [6.07, 6.45) is 2.43. The summed E-state index contributed by atoms with van der Waals surface area (Å²) in [4.78, 5) is 0. The molecule has 2 nitrogen and oxygen atoms in total. The fourth-order valence-corrected chi connectivity index (χ4v) is 3.06. The summed E-state index contributed by atoms with van der Waals surface area (Å²) in [5, 5.41) is 9.79. The predicted molar refractivity (Wildman–Crippen MR) is 82.5 cm³/mol. The fourth-order valence-electron chi connectivity index (χ4n) is 1.18. The van der Waals surface area contributed by atoms with Crippen LogP contribution in [0.15, 0.2) is 24.8 Å². The average Bonchev–Trinajstić information content (AvgIpc) is 2.11. The van der Waals surface area contributed by atoms with Gasteiger partial charge in [-0.3, -0.25) is 0 Å². The first-order valence-electron chi connectivity index (χ1n) is 4.10. The summed E-state index contributed by atoms with van der Waals surface area (Å²) in [6, 6.07) is 3.66. The molecular formula is C10H12ClI2NO. The molecular weight excluding hydrogens is 439 g/mol. The number of nitrogens with two attached hydrogens (primary N) is 1. The molecule has 0 unspecified atom stereocenters. The van der Waals surface area contributed by atoms with Gasteiger partial charge in [-0.15, -0.1) is 19.0 Å². The SMILES string of the molecule is C=CC[C@H](N)c1cc(I)cc(I)c1O.Cl. The Bertz CT molecular complexity index is 358. The number of hydrogen-bond donors (Lipinski definition) is 2. The monoisotopic (exact) mass is 451 g/mol. The van der Waals surface area contributed by atoms with E-state index >= 15 is 0 Å². The molecule has 0 aliphatic heterocycles. The Morgan fingerprint density at radius 2 is 2.07 bits per heavy atom. The number of hydrogen-bond acceptors (Lipinski definition) is 2. The van der Waals surface area contributed by atoms with Gasteiger partial charge in [0.15, 0.2) is 0 Å². The van der Waals surface area contributed by atoms with Crippen LogP contribution in [-0.2, 0) is 0 Å². The molecule has 0 radical (unpaired) electrons. The number of rotatable bonds is 3. The third kappa shape index (κ3) is 4.08. The number of phenolic OH excluding ortho intramolecular Hbond substituents is 1. The van der Waals surface area contributed by atoms with Crippen molar-refractivity contribution in [1.29, 1.82) is 0 Å². The zero-order valence-corrected chi connectivity index (χ0v) is 13.0. The molecule has 0 bridgehead atoms. The highest BCUT2D eigenvalue weighted by molar-refractivity contribution is 14.1. The van der Waals surface area contributed by atoms with Crippen molar-refractivity contribution in [2.24, 2.45) is 5.73 Å². The standard InChI is InChI=1S/C10H11I2NO.ClH/c1-2-3-9(13)7-4-6(11)5-8(12)10(7)14;/h2,4-5,9,14H,1,3,13H2;1H/t9-;/m0./s1. The van der Waals surface area contributed by atoms with Gasteiger partial charge in [-0.1, -0.05) is 6.08 Å². The maximum Gasteiger partial charge on any atom is 0.133 e. The Kier molecular flexibility index (Phi) is 7.14. The van der Waals surface area contributed by atoms with Crippen molar-refractivity contribution in [2.45, 2.75) is 12.5 Å². The Balaban J connectivity index is 0.00000196. The van der Waals surface area contributed by atoms with Crippen LogP contribution < -0.4 is 5.73 Å². The largest absolute Gasteiger partial charge is 0.506 e. The number of halogens is 3. The molecule has 1 atom stereocenters. The Labute approximate surface area is 123 Å². The molecule has 0 fully saturated rings. The van der Waals surface area contributed by atoms with Gasteiger partial charge in [0.25, 0.3) is 0 Å². The number of benzene rings is 1. The maximum atomic E-state index is 9.79. The van der Waals surface area contributed by atoms with Gasteiger partial charge in [-0.2, -0.15) is 0 Å². The van der Waals surface area contributed by atoms with Crippen LogP contribution >= 0.6 is 57.6 Å². The Hall–Kier alpha value is 0.470. The van der Waals surface area contributed by atoms with Crippen LogP contribution in [0.25, 0.3) is 0 Å². The molecule has 5 heteroatoms. The molecule has 15 heavy (non-hydrogen) atoms. The van der Waals surface area contributed by atoms with Crippen molar-refractivity contribution < 1.29 is 5.11 Å². The van der Waals surface area contributed by atoms with Crippen molar-refractivity contribution in [3.8, 4) is 5.75 Å². The lowest BCUT2D eigenvalue weighted by molar-refractivity contribution is 0.457.